The number of hydrogen-bond donors (Lipinski definition) is 0. The van der Waals surface area contributed by atoms with Gasteiger partial charge in [-0.2, -0.15) is 0 Å². The molecule has 1 aliphatic rings. The molecule has 0 N–H and O–H groups in total. The summed E-state index contributed by atoms with van der Waals surface area (Å²) in [6, 6.07) is 0. The van der Waals surface area contributed by atoms with E-state index >= 15 is 0 Å². The molecule has 0 atom stereocenters. The lowest BCUT2D eigenvalue weighted by Crippen LogP contribution is -2.33. The number of nitrogens with zero attached hydrogens (tertiary/aromatic N) is 1. The summed E-state index contributed by atoms with van der Waals surface area (Å²) in [6.45, 7) is 2.63. The highest BCUT2D eigenvalue weighted by Crippen LogP contribution is 2.08. The Bertz CT molecular complexity index is 225. The van der Waals surface area contributed by atoms with Gasteiger partial charge in [-0.3, -0.25) is 0 Å². The second-order valence-corrected chi connectivity index (χ2v) is 6.04. The highest BCUT2D eigenvalue weighted by atomic mass is 35.7. The molecule has 0 saturated carbocycles. The van der Waals surface area contributed by atoms with Crippen molar-refractivity contribution in [3.05, 3.63) is 0 Å². The molecule has 1 heterocycles. The second-order valence-electron chi connectivity index (χ2n) is 3.15. The van der Waals surface area contributed by atoms with Crippen LogP contribution in [0.25, 0.3) is 0 Å². The van der Waals surface area contributed by atoms with Crippen LogP contribution in [0.5, 0.6) is 0 Å². The molecule has 0 unspecified atom stereocenters. The van der Waals surface area contributed by atoms with Gasteiger partial charge in [0.05, 0.1) is 5.75 Å². The molecule has 1 rings (SSSR count). The van der Waals surface area contributed by atoms with Gasteiger partial charge in [-0.25, -0.2) is 8.42 Å². The highest BCUT2D eigenvalue weighted by molar-refractivity contribution is 8.13. The monoisotopic (exact) mass is 247 g/mol. The van der Waals surface area contributed by atoms with Gasteiger partial charge in [0.1, 0.15) is 0 Å². The molecule has 3 nitrogen and oxygen atoms in total. The predicted molar refractivity (Wildman–Crippen MR) is 57.2 cm³/mol. The van der Waals surface area contributed by atoms with E-state index in [0.717, 1.165) is 13.1 Å². The summed E-state index contributed by atoms with van der Waals surface area (Å²) in [5.74, 6) is 0.0779. The molecule has 6 heteroatoms. The largest absolute Gasteiger partial charge is 0.302 e. The molecular formula is C7H15Cl2NO2S. The molecule has 1 aliphatic heterocycles. The van der Waals surface area contributed by atoms with Crippen LogP contribution >= 0.6 is 23.1 Å². The first-order chi connectivity index (χ1) is 5.58. The standard InChI is InChI=1S/C7H14ClNO2S.ClH/c8-12(10,11)7-6-9-4-2-1-3-5-9;/h1-7H2;1H. The maximum Gasteiger partial charge on any atom is 0.233 e. The van der Waals surface area contributed by atoms with Crippen LogP contribution in [0.2, 0.25) is 0 Å². The zero-order chi connectivity index (χ0) is 9.03. The molecule has 1 saturated heterocycles. The number of halogens is 2. The summed E-state index contributed by atoms with van der Waals surface area (Å²) >= 11 is 0. The lowest BCUT2D eigenvalue weighted by Gasteiger charge is -2.25. The molecule has 0 aromatic heterocycles. The van der Waals surface area contributed by atoms with Crippen LogP contribution in [-0.4, -0.2) is 38.7 Å². The SMILES string of the molecule is Cl.O=S(=O)(Cl)CCN1CCCCC1. The van der Waals surface area contributed by atoms with Gasteiger partial charge < -0.3 is 4.90 Å². The summed E-state index contributed by atoms with van der Waals surface area (Å²) < 4.78 is 21.2. The van der Waals surface area contributed by atoms with Crippen molar-refractivity contribution in [1.82, 2.24) is 4.90 Å². The van der Waals surface area contributed by atoms with Gasteiger partial charge >= 0.3 is 0 Å². The van der Waals surface area contributed by atoms with E-state index in [9.17, 15) is 8.42 Å². The van der Waals surface area contributed by atoms with Gasteiger partial charge in [0.25, 0.3) is 0 Å². The Kier molecular flexibility index (Phi) is 6.29. The van der Waals surface area contributed by atoms with Crippen molar-refractivity contribution < 1.29 is 8.42 Å². The maximum atomic E-state index is 10.6. The summed E-state index contributed by atoms with van der Waals surface area (Å²) in [5.41, 5.74) is 0. The Hall–Kier alpha value is 0.490. The Morgan fingerprint density at radius 3 is 2.15 bits per heavy atom. The zero-order valence-electron chi connectivity index (χ0n) is 7.41. The smallest absolute Gasteiger partial charge is 0.233 e. The fourth-order valence-corrected chi connectivity index (χ4v) is 2.10. The third-order valence-corrected chi connectivity index (χ3v) is 3.23. The van der Waals surface area contributed by atoms with Crippen LogP contribution in [0.3, 0.4) is 0 Å². The van der Waals surface area contributed by atoms with Crippen molar-refractivity contribution in [2.45, 2.75) is 19.3 Å². The highest BCUT2D eigenvalue weighted by Gasteiger charge is 2.12. The molecule has 0 aromatic carbocycles. The first-order valence-corrected chi connectivity index (χ1v) is 6.70. The van der Waals surface area contributed by atoms with Gasteiger partial charge in [-0.15, -0.1) is 12.4 Å². The minimum Gasteiger partial charge on any atom is -0.302 e. The fraction of sp³-hybridized carbons (Fsp3) is 1.00. The molecule has 13 heavy (non-hydrogen) atoms. The molecule has 0 bridgehead atoms. The molecule has 0 radical (unpaired) electrons. The lowest BCUT2D eigenvalue weighted by atomic mass is 10.1. The van der Waals surface area contributed by atoms with Gasteiger partial charge in [-0.1, -0.05) is 6.42 Å². The molecule has 0 spiro atoms. The van der Waals surface area contributed by atoms with Crippen molar-refractivity contribution in [1.29, 1.82) is 0 Å². The van der Waals surface area contributed by atoms with Crippen molar-refractivity contribution in [3.63, 3.8) is 0 Å². The minimum absolute atomic E-state index is 0. The number of piperidine rings is 1. The lowest BCUT2D eigenvalue weighted by molar-refractivity contribution is 0.241. The maximum absolute atomic E-state index is 10.6. The van der Waals surface area contributed by atoms with E-state index in [-0.39, 0.29) is 18.2 Å². The molecule has 0 aromatic rings. The molecular weight excluding hydrogens is 233 g/mol. The van der Waals surface area contributed by atoms with E-state index < -0.39 is 9.05 Å². The average molecular weight is 248 g/mol. The summed E-state index contributed by atoms with van der Waals surface area (Å²) in [7, 11) is 1.80. The Morgan fingerprint density at radius 2 is 1.69 bits per heavy atom. The Balaban J connectivity index is 0.00000144. The minimum atomic E-state index is -3.29. The van der Waals surface area contributed by atoms with Crippen molar-refractivity contribution in [3.8, 4) is 0 Å². The van der Waals surface area contributed by atoms with E-state index in [1.165, 1.54) is 19.3 Å². The zero-order valence-corrected chi connectivity index (χ0v) is 9.80. The summed E-state index contributed by atoms with van der Waals surface area (Å²) in [4.78, 5) is 2.16. The third-order valence-electron chi connectivity index (χ3n) is 2.10. The van der Waals surface area contributed by atoms with Crippen molar-refractivity contribution in [2.75, 3.05) is 25.4 Å². The Morgan fingerprint density at radius 1 is 1.15 bits per heavy atom. The molecule has 0 amide bonds. The van der Waals surface area contributed by atoms with E-state index in [1.807, 2.05) is 0 Å². The second kappa shape index (κ2) is 6.06. The fourth-order valence-electron chi connectivity index (χ4n) is 1.42. The normalized spacial score (nSPS) is 19.5. The molecule has 1 fully saturated rings. The van der Waals surface area contributed by atoms with Crippen LogP contribution in [0.4, 0.5) is 0 Å². The van der Waals surface area contributed by atoms with Crippen LogP contribution in [-0.2, 0) is 9.05 Å². The summed E-state index contributed by atoms with van der Waals surface area (Å²) in [5, 5.41) is 0. The predicted octanol–water partition coefficient (Wildman–Crippen LogP) is 1.46. The Labute approximate surface area is 90.3 Å². The van der Waals surface area contributed by atoms with Crippen LogP contribution < -0.4 is 0 Å². The first-order valence-electron chi connectivity index (χ1n) is 4.22. The quantitative estimate of drug-likeness (QED) is 0.709. The molecule has 0 aliphatic carbocycles. The van der Waals surface area contributed by atoms with Crippen LogP contribution in [0, 0.1) is 0 Å². The van der Waals surface area contributed by atoms with E-state index in [4.69, 9.17) is 10.7 Å². The van der Waals surface area contributed by atoms with Gasteiger partial charge in [0.2, 0.25) is 9.05 Å². The van der Waals surface area contributed by atoms with E-state index in [1.54, 1.807) is 0 Å². The van der Waals surface area contributed by atoms with E-state index in [0.29, 0.717) is 6.54 Å². The van der Waals surface area contributed by atoms with Gasteiger partial charge in [0.15, 0.2) is 0 Å². The van der Waals surface area contributed by atoms with Crippen molar-refractivity contribution >= 4 is 32.1 Å². The number of likely N-dealkylation sites (tertiary alicyclic amines) is 1. The van der Waals surface area contributed by atoms with E-state index in [2.05, 4.69) is 4.90 Å². The number of hydrogen-bond acceptors (Lipinski definition) is 3. The molecule has 80 valence electrons. The topological polar surface area (TPSA) is 37.4 Å². The van der Waals surface area contributed by atoms with Crippen LogP contribution in [0.15, 0.2) is 0 Å². The van der Waals surface area contributed by atoms with Crippen molar-refractivity contribution in [2.24, 2.45) is 0 Å². The number of rotatable bonds is 3. The van der Waals surface area contributed by atoms with Gasteiger partial charge in [-0.05, 0) is 25.9 Å². The van der Waals surface area contributed by atoms with Gasteiger partial charge in [0, 0.05) is 17.2 Å². The third kappa shape index (κ3) is 6.55. The average Bonchev–Trinajstić information content (AvgIpc) is 2.02. The van der Waals surface area contributed by atoms with Crippen LogP contribution in [0.1, 0.15) is 19.3 Å². The first kappa shape index (κ1) is 13.5. The summed E-state index contributed by atoms with van der Waals surface area (Å²) in [6.07, 6.45) is 3.63.